The van der Waals surface area contributed by atoms with Gasteiger partial charge in [0.15, 0.2) is 0 Å². The standard InChI is InChI=1S/C12H22N4.ClH/c1-10-11(7-14-15(10)3)9-16-6-4-5-12(16)8-13-2;/h7,12-13H,4-6,8-9H2,1-3H3;1H. The maximum absolute atomic E-state index is 4.30. The summed E-state index contributed by atoms with van der Waals surface area (Å²) in [6, 6.07) is 0.699. The molecule has 2 rings (SSSR count). The molecule has 1 aromatic rings. The summed E-state index contributed by atoms with van der Waals surface area (Å²) in [5.41, 5.74) is 2.65. The molecule has 0 saturated carbocycles. The lowest BCUT2D eigenvalue weighted by Gasteiger charge is -2.23. The highest BCUT2D eigenvalue weighted by Crippen LogP contribution is 2.20. The zero-order chi connectivity index (χ0) is 11.5. The van der Waals surface area contributed by atoms with Crippen LogP contribution in [0.3, 0.4) is 0 Å². The van der Waals surface area contributed by atoms with E-state index in [0.29, 0.717) is 6.04 Å². The summed E-state index contributed by atoms with van der Waals surface area (Å²) >= 11 is 0. The van der Waals surface area contributed by atoms with Crippen LogP contribution in [0.25, 0.3) is 0 Å². The van der Waals surface area contributed by atoms with Crippen LogP contribution in [0.1, 0.15) is 24.1 Å². The molecule has 1 atom stereocenters. The first-order valence-electron chi connectivity index (χ1n) is 6.08. The van der Waals surface area contributed by atoms with E-state index < -0.39 is 0 Å². The fourth-order valence-corrected chi connectivity index (χ4v) is 2.49. The normalized spacial score (nSPS) is 20.5. The molecule has 0 bridgehead atoms. The molecule has 1 aromatic heterocycles. The number of likely N-dealkylation sites (tertiary alicyclic amines) is 1. The second-order valence-electron chi connectivity index (χ2n) is 4.70. The van der Waals surface area contributed by atoms with Crippen molar-refractivity contribution in [2.75, 3.05) is 20.1 Å². The number of halogens is 1. The van der Waals surface area contributed by atoms with Crippen LogP contribution in [-0.4, -0.2) is 40.9 Å². The number of aromatic nitrogens is 2. The van der Waals surface area contributed by atoms with Crippen molar-refractivity contribution in [2.24, 2.45) is 7.05 Å². The quantitative estimate of drug-likeness (QED) is 0.885. The van der Waals surface area contributed by atoms with E-state index >= 15 is 0 Å². The number of rotatable bonds is 4. The highest BCUT2D eigenvalue weighted by Gasteiger charge is 2.24. The van der Waals surface area contributed by atoms with Gasteiger partial charge in [-0.3, -0.25) is 9.58 Å². The Morgan fingerprint density at radius 2 is 2.29 bits per heavy atom. The first-order valence-corrected chi connectivity index (χ1v) is 6.08. The van der Waals surface area contributed by atoms with Crippen molar-refractivity contribution in [3.05, 3.63) is 17.5 Å². The molecular formula is C12H23ClN4. The molecule has 0 radical (unpaired) electrons. The number of nitrogens with one attached hydrogen (secondary N) is 1. The fourth-order valence-electron chi connectivity index (χ4n) is 2.49. The molecule has 0 spiro atoms. The number of likely N-dealkylation sites (N-methyl/N-ethyl adjacent to an activating group) is 1. The molecule has 17 heavy (non-hydrogen) atoms. The maximum atomic E-state index is 4.30. The summed E-state index contributed by atoms with van der Waals surface area (Å²) in [5, 5.41) is 7.59. The van der Waals surface area contributed by atoms with E-state index in [4.69, 9.17) is 0 Å². The van der Waals surface area contributed by atoms with E-state index in [9.17, 15) is 0 Å². The highest BCUT2D eigenvalue weighted by atomic mass is 35.5. The third-order valence-corrected chi connectivity index (χ3v) is 3.65. The molecule has 2 heterocycles. The molecular weight excluding hydrogens is 236 g/mol. The van der Waals surface area contributed by atoms with Crippen molar-refractivity contribution in [1.29, 1.82) is 0 Å². The maximum Gasteiger partial charge on any atom is 0.0537 e. The van der Waals surface area contributed by atoms with Gasteiger partial charge in [0.1, 0.15) is 0 Å². The summed E-state index contributed by atoms with van der Waals surface area (Å²) in [6.45, 7) is 5.51. The summed E-state index contributed by atoms with van der Waals surface area (Å²) in [5.74, 6) is 0. The molecule has 1 N–H and O–H groups in total. The molecule has 0 aromatic carbocycles. The van der Waals surface area contributed by atoms with Crippen molar-refractivity contribution in [1.82, 2.24) is 20.0 Å². The van der Waals surface area contributed by atoms with E-state index in [1.54, 1.807) is 0 Å². The first-order chi connectivity index (χ1) is 7.72. The van der Waals surface area contributed by atoms with Gasteiger partial charge < -0.3 is 5.32 Å². The third kappa shape index (κ3) is 3.21. The van der Waals surface area contributed by atoms with E-state index in [1.165, 1.54) is 30.6 Å². The van der Waals surface area contributed by atoms with Crippen LogP contribution in [0.5, 0.6) is 0 Å². The van der Waals surface area contributed by atoms with Gasteiger partial charge in [-0.2, -0.15) is 5.10 Å². The minimum atomic E-state index is 0. The van der Waals surface area contributed by atoms with Crippen molar-refractivity contribution in [2.45, 2.75) is 32.4 Å². The minimum absolute atomic E-state index is 0. The van der Waals surface area contributed by atoms with Crippen LogP contribution in [0.4, 0.5) is 0 Å². The van der Waals surface area contributed by atoms with E-state index in [0.717, 1.165) is 13.1 Å². The summed E-state index contributed by atoms with van der Waals surface area (Å²) in [7, 11) is 4.04. The molecule has 1 saturated heterocycles. The lowest BCUT2D eigenvalue weighted by atomic mass is 10.2. The Morgan fingerprint density at radius 1 is 1.53 bits per heavy atom. The summed E-state index contributed by atoms with van der Waals surface area (Å²) in [4.78, 5) is 2.57. The Balaban J connectivity index is 0.00000144. The van der Waals surface area contributed by atoms with Gasteiger partial charge in [-0.05, 0) is 33.4 Å². The van der Waals surface area contributed by atoms with Gasteiger partial charge in [-0.15, -0.1) is 12.4 Å². The van der Waals surface area contributed by atoms with Gasteiger partial charge in [-0.25, -0.2) is 0 Å². The van der Waals surface area contributed by atoms with Gasteiger partial charge in [0.25, 0.3) is 0 Å². The molecule has 1 fully saturated rings. The zero-order valence-electron chi connectivity index (χ0n) is 10.9. The largest absolute Gasteiger partial charge is 0.318 e. The highest BCUT2D eigenvalue weighted by molar-refractivity contribution is 5.85. The van der Waals surface area contributed by atoms with E-state index in [-0.39, 0.29) is 12.4 Å². The molecule has 98 valence electrons. The van der Waals surface area contributed by atoms with Crippen LogP contribution in [-0.2, 0) is 13.6 Å². The predicted octanol–water partition coefficient (Wildman–Crippen LogP) is 1.33. The summed E-state index contributed by atoms with van der Waals surface area (Å²) < 4.78 is 1.96. The molecule has 4 nitrogen and oxygen atoms in total. The lowest BCUT2D eigenvalue weighted by Crippen LogP contribution is -2.36. The smallest absolute Gasteiger partial charge is 0.0537 e. The topological polar surface area (TPSA) is 33.1 Å². The predicted molar refractivity (Wildman–Crippen MR) is 72.6 cm³/mol. The van der Waals surface area contributed by atoms with Gasteiger partial charge in [0, 0.05) is 37.4 Å². The Labute approximate surface area is 110 Å². The van der Waals surface area contributed by atoms with Crippen LogP contribution < -0.4 is 5.32 Å². The van der Waals surface area contributed by atoms with Crippen LogP contribution in [0.2, 0.25) is 0 Å². The van der Waals surface area contributed by atoms with E-state index in [1.807, 2.05) is 25.0 Å². The van der Waals surface area contributed by atoms with Gasteiger partial charge in [0.2, 0.25) is 0 Å². The Morgan fingerprint density at radius 3 is 2.88 bits per heavy atom. The molecule has 0 amide bonds. The number of aryl methyl sites for hydroxylation is 1. The number of hydrogen-bond donors (Lipinski definition) is 1. The van der Waals surface area contributed by atoms with E-state index in [2.05, 4.69) is 22.2 Å². The molecule has 0 aliphatic carbocycles. The molecule has 1 aliphatic heterocycles. The van der Waals surface area contributed by atoms with Crippen molar-refractivity contribution < 1.29 is 0 Å². The zero-order valence-corrected chi connectivity index (χ0v) is 11.8. The second kappa shape index (κ2) is 6.38. The summed E-state index contributed by atoms with van der Waals surface area (Å²) in [6.07, 6.45) is 4.65. The van der Waals surface area contributed by atoms with Gasteiger partial charge in [0.05, 0.1) is 6.20 Å². The number of nitrogens with zero attached hydrogens (tertiary/aromatic N) is 3. The van der Waals surface area contributed by atoms with Gasteiger partial charge in [-0.1, -0.05) is 0 Å². The van der Waals surface area contributed by atoms with Crippen LogP contribution in [0, 0.1) is 6.92 Å². The Bertz CT molecular complexity index is 350. The minimum Gasteiger partial charge on any atom is -0.318 e. The monoisotopic (exact) mass is 258 g/mol. The average molecular weight is 259 g/mol. The van der Waals surface area contributed by atoms with Gasteiger partial charge >= 0.3 is 0 Å². The SMILES string of the molecule is CNCC1CCCN1Cc1cnn(C)c1C.Cl. The molecule has 1 aliphatic rings. The molecule has 5 heteroatoms. The fraction of sp³-hybridized carbons (Fsp3) is 0.750. The van der Waals surface area contributed by atoms with Crippen molar-refractivity contribution >= 4 is 12.4 Å². The second-order valence-corrected chi connectivity index (χ2v) is 4.70. The number of hydrogen-bond acceptors (Lipinski definition) is 3. The first kappa shape index (κ1) is 14.5. The van der Waals surface area contributed by atoms with Crippen LogP contribution in [0.15, 0.2) is 6.20 Å². The third-order valence-electron chi connectivity index (χ3n) is 3.65. The van der Waals surface area contributed by atoms with Crippen molar-refractivity contribution in [3.8, 4) is 0 Å². The average Bonchev–Trinajstić information content (AvgIpc) is 2.82. The van der Waals surface area contributed by atoms with Crippen LogP contribution >= 0.6 is 12.4 Å². The Kier molecular flexibility index (Phi) is 5.43. The molecule has 1 unspecified atom stereocenters. The lowest BCUT2D eigenvalue weighted by molar-refractivity contribution is 0.242. The Hall–Kier alpha value is -0.580. The van der Waals surface area contributed by atoms with Crippen molar-refractivity contribution in [3.63, 3.8) is 0 Å².